The molecule has 1 aliphatic heterocycles. The highest BCUT2D eigenvalue weighted by molar-refractivity contribution is 5.74. The maximum Gasteiger partial charge on any atom is 0.323 e. The number of rotatable bonds is 6. The fraction of sp³-hybridized carbons (Fsp3) is 0.818. The molecule has 0 aromatic heterocycles. The quantitative estimate of drug-likeness (QED) is 0.314. The van der Waals surface area contributed by atoms with Crippen LogP contribution in [0.5, 0.6) is 0 Å². The first kappa shape index (κ1) is 17.8. The second kappa shape index (κ2) is 9.68. The van der Waals surface area contributed by atoms with Crippen molar-refractivity contribution in [2.24, 2.45) is 11.5 Å². The normalized spacial score (nSPS) is 23.3. The van der Waals surface area contributed by atoms with Crippen molar-refractivity contribution < 1.29 is 24.9 Å². The number of hydrogen-bond acceptors (Lipinski definition) is 6. The average molecular weight is 277 g/mol. The Labute approximate surface area is 111 Å². The molecule has 1 saturated heterocycles. The van der Waals surface area contributed by atoms with Gasteiger partial charge < -0.3 is 32.1 Å². The van der Waals surface area contributed by atoms with Crippen LogP contribution in [0.25, 0.3) is 0 Å². The van der Waals surface area contributed by atoms with E-state index in [0.717, 1.165) is 12.8 Å². The van der Waals surface area contributed by atoms with Crippen LogP contribution in [0.4, 0.5) is 0 Å². The van der Waals surface area contributed by atoms with Crippen molar-refractivity contribution in [1.82, 2.24) is 5.32 Å². The van der Waals surface area contributed by atoms with Crippen molar-refractivity contribution >= 4 is 11.9 Å². The van der Waals surface area contributed by atoms with Crippen LogP contribution in [0.1, 0.15) is 25.7 Å². The zero-order valence-corrected chi connectivity index (χ0v) is 10.8. The van der Waals surface area contributed by atoms with Crippen molar-refractivity contribution in [3.05, 3.63) is 0 Å². The lowest BCUT2D eigenvalue weighted by molar-refractivity contribution is -0.141. The summed E-state index contributed by atoms with van der Waals surface area (Å²) in [7, 11) is 0. The van der Waals surface area contributed by atoms with E-state index in [1.165, 1.54) is 0 Å². The summed E-state index contributed by atoms with van der Waals surface area (Å²) < 4.78 is 0. The first-order chi connectivity index (χ1) is 8.90. The van der Waals surface area contributed by atoms with E-state index in [-0.39, 0.29) is 0 Å². The lowest BCUT2D eigenvalue weighted by Crippen LogP contribution is -2.38. The van der Waals surface area contributed by atoms with Crippen LogP contribution in [-0.2, 0) is 9.59 Å². The maximum absolute atomic E-state index is 10.2. The molecule has 1 unspecified atom stereocenters. The predicted molar refractivity (Wildman–Crippen MR) is 68.6 cm³/mol. The monoisotopic (exact) mass is 277 g/mol. The van der Waals surface area contributed by atoms with E-state index in [1.54, 1.807) is 0 Å². The number of aliphatic carboxylic acids is 2. The van der Waals surface area contributed by atoms with Crippen molar-refractivity contribution in [3.8, 4) is 0 Å². The largest absolute Gasteiger partial charge is 0.480 e. The van der Waals surface area contributed by atoms with E-state index in [2.05, 4.69) is 5.32 Å². The van der Waals surface area contributed by atoms with Gasteiger partial charge in [-0.3, -0.25) is 9.59 Å². The van der Waals surface area contributed by atoms with Gasteiger partial charge in [0.1, 0.15) is 12.1 Å². The highest BCUT2D eigenvalue weighted by Gasteiger charge is 2.30. The van der Waals surface area contributed by atoms with Crippen LogP contribution in [0.15, 0.2) is 0 Å². The molecular formula is C11H23N3O5. The Morgan fingerprint density at radius 3 is 2.26 bits per heavy atom. The molecule has 0 aliphatic carbocycles. The molecule has 1 rings (SSSR count). The molecule has 1 aliphatic rings. The summed E-state index contributed by atoms with van der Waals surface area (Å²) in [6, 6.07) is -1.46. The van der Waals surface area contributed by atoms with Crippen LogP contribution >= 0.6 is 0 Å². The molecule has 0 aromatic carbocycles. The lowest BCUT2D eigenvalue weighted by Gasteiger charge is -2.06. The molecule has 19 heavy (non-hydrogen) atoms. The molecule has 112 valence electrons. The number of carboxylic acid groups (broad SMARTS) is 2. The number of carboxylic acids is 2. The van der Waals surface area contributed by atoms with E-state index >= 15 is 0 Å². The Kier molecular flexibility index (Phi) is 9.06. The van der Waals surface area contributed by atoms with Gasteiger partial charge in [-0.1, -0.05) is 6.42 Å². The molecule has 0 saturated carbocycles. The van der Waals surface area contributed by atoms with Gasteiger partial charge in [-0.15, -0.1) is 0 Å². The highest BCUT2D eigenvalue weighted by Crippen LogP contribution is 2.05. The molecule has 1 fully saturated rings. The van der Waals surface area contributed by atoms with Gasteiger partial charge in [-0.2, -0.15) is 0 Å². The summed E-state index contributed by atoms with van der Waals surface area (Å²) in [5.74, 6) is -1.91. The fourth-order valence-corrected chi connectivity index (χ4v) is 1.57. The summed E-state index contributed by atoms with van der Waals surface area (Å²) >= 11 is 0. The van der Waals surface area contributed by atoms with E-state index in [4.69, 9.17) is 26.8 Å². The highest BCUT2D eigenvalue weighted by atomic mass is 16.4. The van der Waals surface area contributed by atoms with Gasteiger partial charge in [-0.25, -0.2) is 0 Å². The van der Waals surface area contributed by atoms with Gasteiger partial charge >= 0.3 is 11.9 Å². The minimum atomic E-state index is -0.972. The first-order valence-corrected chi connectivity index (χ1v) is 6.22. The average Bonchev–Trinajstić information content (AvgIpc) is 2.76. The third-order valence-corrected chi connectivity index (χ3v) is 2.74. The number of hydrogen-bond donors (Lipinski definition) is 6. The number of carbonyl (C=O) groups is 2. The second-order valence-electron chi connectivity index (χ2n) is 4.36. The number of nitrogens with two attached hydrogens (primary N) is 2. The van der Waals surface area contributed by atoms with Crippen molar-refractivity contribution in [3.63, 3.8) is 0 Å². The summed E-state index contributed by atoms with van der Waals surface area (Å²) in [5, 5.41) is 28.3. The van der Waals surface area contributed by atoms with Gasteiger partial charge in [0.25, 0.3) is 0 Å². The summed E-state index contributed by atoms with van der Waals surface area (Å²) in [5.41, 5.74) is 10.4. The summed E-state index contributed by atoms with van der Waals surface area (Å²) in [6.45, 7) is 1.20. The number of aliphatic hydroxyl groups excluding tert-OH is 1. The van der Waals surface area contributed by atoms with E-state index in [9.17, 15) is 9.59 Å². The Hall–Kier alpha value is -1.22. The van der Waals surface area contributed by atoms with E-state index < -0.39 is 30.1 Å². The molecule has 0 radical (unpaired) electrons. The number of nitrogens with one attached hydrogen (secondary N) is 1. The third kappa shape index (κ3) is 7.73. The molecule has 8 heteroatoms. The Balaban J connectivity index is 0.000000342. The Morgan fingerprint density at radius 2 is 1.95 bits per heavy atom. The predicted octanol–water partition coefficient (Wildman–Crippen LogP) is -1.68. The van der Waals surface area contributed by atoms with Crippen LogP contribution in [0, 0.1) is 0 Å². The van der Waals surface area contributed by atoms with Gasteiger partial charge in [0, 0.05) is 0 Å². The smallest absolute Gasteiger partial charge is 0.323 e. The zero-order chi connectivity index (χ0) is 14.8. The minimum Gasteiger partial charge on any atom is -0.480 e. The summed E-state index contributed by atoms with van der Waals surface area (Å²) in [6.07, 6.45) is 2.00. The molecule has 3 atom stereocenters. The zero-order valence-electron chi connectivity index (χ0n) is 10.8. The molecule has 0 amide bonds. The van der Waals surface area contributed by atoms with Crippen molar-refractivity contribution in [2.45, 2.75) is 43.9 Å². The maximum atomic E-state index is 10.2. The van der Waals surface area contributed by atoms with Crippen molar-refractivity contribution in [1.29, 1.82) is 0 Å². The van der Waals surface area contributed by atoms with Gasteiger partial charge in [-0.05, 0) is 32.4 Å². The topological polar surface area (TPSA) is 159 Å². The molecule has 1 heterocycles. The Bertz CT molecular complexity index is 288. The molecule has 0 aromatic rings. The van der Waals surface area contributed by atoms with Gasteiger partial charge in [0.05, 0.1) is 6.10 Å². The van der Waals surface area contributed by atoms with E-state index in [1.807, 2.05) is 0 Å². The summed E-state index contributed by atoms with van der Waals surface area (Å²) in [4.78, 5) is 20.3. The first-order valence-electron chi connectivity index (χ1n) is 6.22. The number of unbranched alkanes of at least 4 members (excludes halogenated alkanes) is 1. The molecule has 0 spiro atoms. The van der Waals surface area contributed by atoms with E-state index in [0.29, 0.717) is 25.9 Å². The number of aliphatic hydroxyl groups is 1. The molecule has 0 bridgehead atoms. The third-order valence-electron chi connectivity index (χ3n) is 2.74. The molecule has 8 N–H and O–H groups in total. The van der Waals surface area contributed by atoms with Crippen LogP contribution < -0.4 is 16.8 Å². The fourth-order valence-electron chi connectivity index (χ4n) is 1.57. The SMILES string of the molecule is NCCCC[C@H](N)C(=O)O.O=C(O)[C@H]1NCCC1O. The van der Waals surface area contributed by atoms with Gasteiger partial charge in [0.2, 0.25) is 0 Å². The van der Waals surface area contributed by atoms with Crippen LogP contribution in [0.3, 0.4) is 0 Å². The van der Waals surface area contributed by atoms with Crippen molar-refractivity contribution in [2.75, 3.05) is 13.1 Å². The molecule has 8 nitrogen and oxygen atoms in total. The Morgan fingerprint density at radius 1 is 1.32 bits per heavy atom. The van der Waals surface area contributed by atoms with Crippen LogP contribution in [-0.4, -0.2) is 58.5 Å². The molecular weight excluding hydrogens is 254 g/mol. The minimum absolute atomic E-state index is 0.520. The van der Waals surface area contributed by atoms with Crippen LogP contribution in [0.2, 0.25) is 0 Å². The standard InChI is InChI=1S/C6H14N2O2.C5H9NO3/c7-4-2-1-3-5(8)6(9)10;7-3-1-2-6-4(3)5(8)9/h5H,1-4,7-8H2,(H,9,10);3-4,6-7H,1-2H2,(H,8,9)/t5-;3?,4-/m00/s1. The van der Waals surface area contributed by atoms with Gasteiger partial charge in [0.15, 0.2) is 0 Å². The second-order valence-corrected chi connectivity index (χ2v) is 4.36. The lowest BCUT2D eigenvalue weighted by atomic mass is 10.1.